The van der Waals surface area contributed by atoms with Crippen LogP contribution in [-0.2, 0) is 65.6 Å². The van der Waals surface area contributed by atoms with Crippen LogP contribution >= 0.6 is 12.6 Å². The van der Waals surface area contributed by atoms with Crippen molar-refractivity contribution in [3.63, 3.8) is 0 Å². The van der Waals surface area contributed by atoms with Crippen LogP contribution in [0.3, 0.4) is 0 Å². The predicted molar refractivity (Wildman–Crippen MR) is 278 cm³/mol. The number of benzene rings is 1. The Labute approximate surface area is 446 Å². The molecule has 0 aliphatic rings. The van der Waals surface area contributed by atoms with Gasteiger partial charge in [-0.1, -0.05) is 77.3 Å². The Kier molecular flexibility index (Phi) is 29.4. The van der Waals surface area contributed by atoms with Crippen LogP contribution in [0, 0.1) is 11.8 Å². The summed E-state index contributed by atoms with van der Waals surface area (Å²) in [6.07, 6.45) is 3.07. The first-order chi connectivity index (χ1) is 36.0. The van der Waals surface area contributed by atoms with Crippen molar-refractivity contribution in [3.8, 4) is 0 Å². The summed E-state index contributed by atoms with van der Waals surface area (Å²) in [5.74, 6) is -11.4. The molecule has 0 saturated heterocycles. The molecule has 0 aliphatic heterocycles. The Bertz CT molecular complexity index is 2240. The maximum atomic E-state index is 14.2. The highest BCUT2D eigenvalue weighted by molar-refractivity contribution is 7.80. The summed E-state index contributed by atoms with van der Waals surface area (Å²) < 4.78 is 0. The maximum absolute atomic E-state index is 14.2. The monoisotopic (exact) mass is 1090 g/mol. The molecule has 422 valence electrons. The molecule has 9 amide bonds. The van der Waals surface area contributed by atoms with Crippen molar-refractivity contribution in [3.05, 3.63) is 54.1 Å². The van der Waals surface area contributed by atoms with Crippen LogP contribution in [-0.4, -0.2) is 158 Å². The lowest BCUT2D eigenvalue weighted by Crippen LogP contribution is -2.62. The summed E-state index contributed by atoms with van der Waals surface area (Å²) in [6, 6.07) is -2.78. The van der Waals surface area contributed by atoms with Crippen molar-refractivity contribution in [2.24, 2.45) is 23.3 Å². The van der Waals surface area contributed by atoms with Crippen LogP contribution < -0.4 is 54.0 Å². The van der Waals surface area contributed by atoms with Crippen LogP contribution in [0.15, 0.2) is 42.9 Å². The van der Waals surface area contributed by atoms with Gasteiger partial charge in [-0.3, -0.25) is 52.7 Å². The van der Waals surface area contributed by atoms with Crippen molar-refractivity contribution < 1.29 is 68.1 Å². The number of primary amides is 1. The largest absolute Gasteiger partial charge is 0.481 e. The van der Waals surface area contributed by atoms with E-state index in [1.165, 1.54) is 12.5 Å². The van der Waals surface area contributed by atoms with Gasteiger partial charge in [-0.25, -0.2) is 4.98 Å². The van der Waals surface area contributed by atoms with E-state index in [0.29, 0.717) is 43.4 Å². The number of aliphatic hydroxyl groups is 1. The number of hydrogen-bond donors (Lipinski definition) is 15. The Morgan fingerprint density at radius 3 is 1.61 bits per heavy atom. The molecule has 0 aliphatic carbocycles. The van der Waals surface area contributed by atoms with Gasteiger partial charge in [-0.05, 0) is 43.1 Å². The van der Waals surface area contributed by atoms with E-state index < -0.39 is 145 Å². The molecular weight excluding hydrogens is 1010 g/mol. The molecule has 0 unspecified atom stereocenters. The lowest BCUT2D eigenvalue weighted by atomic mass is 9.96. The number of amides is 9. The van der Waals surface area contributed by atoms with Gasteiger partial charge >= 0.3 is 11.9 Å². The Morgan fingerprint density at radius 2 is 1.09 bits per heavy atom. The number of nitrogens with zero attached hydrogens (tertiary/aromatic N) is 1. The topological polar surface area (TPSA) is 425 Å². The van der Waals surface area contributed by atoms with Gasteiger partial charge in [0.2, 0.25) is 53.2 Å². The minimum atomic E-state index is -1.51. The number of nitrogens with two attached hydrogens (primary N) is 2. The highest BCUT2D eigenvalue weighted by atomic mass is 32.1. The third-order valence-corrected chi connectivity index (χ3v) is 12.8. The lowest BCUT2D eigenvalue weighted by Gasteiger charge is -2.30. The second-order valence-electron chi connectivity index (χ2n) is 18.4. The van der Waals surface area contributed by atoms with E-state index in [9.17, 15) is 63.0 Å². The van der Waals surface area contributed by atoms with E-state index in [1.807, 2.05) is 0 Å². The number of carboxylic acid groups (broad SMARTS) is 2. The molecular formula is C49H76N12O14S. The number of aromatic amines is 1. The third kappa shape index (κ3) is 23.6. The number of thiol groups is 1. The zero-order chi connectivity index (χ0) is 56.9. The second kappa shape index (κ2) is 34.4. The van der Waals surface area contributed by atoms with Crippen molar-refractivity contribution >= 4 is 77.7 Å². The number of H-pyrrole nitrogens is 1. The summed E-state index contributed by atoms with van der Waals surface area (Å²) in [5.41, 5.74) is 12.1. The van der Waals surface area contributed by atoms with E-state index in [0.717, 1.165) is 0 Å². The second-order valence-corrected chi connectivity index (χ2v) is 18.8. The van der Waals surface area contributed by atoms with Crippen molar-refractivity contribution in [2.75, 3.05) is 18.9 Å². The molecule has 0 radical (unpaired) electrons. The molecule has 76 heavy (non-hydrogen) atoms. The van der Waals surface area contributed by atoms with Crippen molar-refractivity contribution in [1.82, 2.24) is 52.5 Å². The van der Waals surface area contributed by atoms with Crippen LogP contribution in [0.5, 0.6) is 0 Å². The van der Waals surface area contributed by atoms with Crippen LogP contribution in [0.2, 0.25) is 0 Å². The molecule has 2 aromatic rings. The Morgan fingerprint density at radius 1 is 0.605 bits per heavy atom. The van der Waals surface area contributed by atoms with Gasteiger partial charge in [0.1, 0.15) is 48.3 Å². The number of nitrogens with one attached hydrogen (secondary N) is 9. The fraction of sp³-hybridized carbons (Fsp3) is 0.592. The zero-order valence-electron chi connectivity index (χ0n) is 43.3. The molecule has 26 nitrogen and oxygen atoms in total. The first-order valence-electron chi connectivity index (χ1n) is 25.2. The van der Waals surface area contributed by atoms with E-state index in [4.69, 9.17) is 16.6 Å². The van der Waals surface area contributed by atoms with E-state index >= 15 is 0 Å². The summed E-state index contributed by atoms with van der Waals surface area (Å²) in [4.78, 5) is 151. The van der Waals surface area contributed by atoms with Crippen molar-refractivity contribution in [2.45, 2.75) is 153 Å². The van der Waals surface area contributed by atoms with Gasteiger partial charge < -0.3 is 74.3 Å². The van der Waals surface area contributed by atoms with Crippen molar-refractivity contribution in [1.29, 1.82) is 0 Å². The van der Waals surface area contributed by atoms with Gasteiger partial charge in [-0.2, -0.15) is 12.6 Å². The normalized spacial score (nSPS) is 15.0. The molecule has 0 bridgehead atoms. The highest BCUT2D eigenvalue weighted by Crippen LogP contribution is 2.14. The SMILES string of the molecule is CC[C@H](C)[C@H](NC(=O)[C@H](CCC(N)=O)NC(=O)[C@@H](NC(=O)[C@H](CS)NC(=O)[C@H](Cc1ccccc1)NC(=O)[C@H](CCC(=O)O)NC(=O)[C@@H](N)CO)[C@@H](C)CC)C(=O)N[C@@H](Cc1cnc[nH]1)C(=O)NCCCCCC(=O)O. The fourth-order valence-electron chi connectivity index (χ4n) is 7.42. The molecule has 27 heteroatoms. The smallest absolute Gasteiger partial charge is 0.303 e. The minimum absolute atomic E-state index is 0.0134. The van der Waals surface area contributed by atoms with Gasteiger partial charge in [0.25, 0.3) is 0 Å². The minimum Gasteiger partial charge on any atom is -0.481 e. The number of hydrogen-bond acceptors (Lipinski definition) is 15. The van der Waals surface area contributed by atoms with Gasteiger partial charge in [0.05, 0.1) is 12.9 Å². The van der Waals surface area contributed by atoms with E-state index in [-0.39, 0.29) is 44.4 Å². The number of aliphatic carboxylic acids is 2. The number of aliphatic hydroxyl groups excluding tert-OH is 1. The summed E-state index contributed by atoms with van der Waals surface area (Å²) in [5, 5.41) is 48.3. The van der Waals surface area contributed by atoms with E-state index in [1.54, 1.807) is 58.0 Å². The molecule has 0 saturated carbocycles. The number of carbonyl (C=O) groups is 11. The number of rotatable bonds is 37. The molecule has 1 aromatic heterocycles. The Balaban J connectivity index is 2.37. The molecule has 0 fully saturated rings. The van der Waals surface area contributed by atoms with E-state index in [2.05, 4.69) is 65.1 Å². The molecule has 16 N–H and O–H groups in total. The van der Waals surface area contributed by atoms with Gasteiger partial charge in [0, 0.05) is 56.3 Å². The zero-order valence-corrected chi connectivity index (χ0v) is 44.2. The summed E-state index contributed by atoms with van der Waals surface area (Å²) in [7, 11) is 0. The number of carboxylic acids is 2. The quantitative estimate of drug-likeness (QED) is 0.0253. The first-order valence-corrected chi connectivity index (χ1v) is 25.8. The summed E-state index contributed by atoms with van der Waals surface area (Å²) in [6.45, 7) is 6.23. The average Bonchev–Trinajstić information content (AvgIpc) is 3.91. The predicted octanol–water partition coefficient (Wildman–Crippen LogP) is -2.18. The molecule has 0 spiro atoms. The fourth-order valence-corrected chi connectivity index (χ4v) is 7.68. The number of unbranched alkanes of at least 4 members (excludes halogenated alkanes) is 2. The summed E-state index contributed by atoms with van der Waals surface area (Å²) >= 11 is 4.28. The number of carbonyl (C=O) groups excluding carboxylic acids is 9. The van der Waals surface area contributed by atoms with Gasteiger partial charge in [0.15, 0.2) is 0 Å². The molecule has 10 atom stereocenters. The molecule has 1 heterocycles. The maximum Gasteiger partial charge on any atom is 0.303 e. The Hall–Kier alpha value is -7.13. The average molecular weight is 1090 g/mol. The number of imidazole rings is 1. The highest BCUT2D eigenvalue weighted by Gasteiger charge is 2.37. The van der Waals surface area contributed by atoms with Crippen LogP contribution in [0.25, 0.3) is 0 Å². The van der Waals surface area contributed by atoms with Crippen LogP contribution in [0.1, 0.15) is 103 Å². The first kappa shape index (κ1) is 65.0. The number of aromatic nitrogens is 2. The third-order valence-electron chi connectivity index (χ3n) is 12.4. The van der Waals surface area contributed by atoms with Gasteiger partial charge in [-0.15, -0.1) is 0 Å². The lowest BCUT2D eigenvalue weighted by molar-refractivity contribution is -0.139. The standard InChI is InChI=1S/C49H76N12O14S/c1-5-27(3)40(61-47(73)36(25-76)59-46(72)34(21-29-13-9-7-10-14-29)57-44(70)33(17-19-39(66)67)55-42(68)31(50)24-62)48(74)56-32(16-18-37(51)63)45(71)60-41(28(4)6-2)49(75)58-35(22-30-23-52-26-54-30)43(69)53-20-12-8-11-15-38(64)65/h7,9-10,13-14,23,26-28,31-36,40-41,62,76H,5-6,8,11-12,15-22,24-25,50H2,1-4H3,(H2,51,63)(H,52,54)(H,53,69)(H,55,68)(H,56,74)(H,57,70)(H,58,75)(H,59,72)(H,60,71)(H,61,73)(H,64,65)(H,66,67)/t27-,28-,31-,32-,33-,34-,35-,36-,40-,41-/m0/s1. The molecule has 1 aromatic carbocycles. The molecule has 2 rings (SSSR count). The van der Waals surface area contributed by atoms with Crippen LogP contribution in [0.4, 0.5) is 0 Å².